The highest BCUT2D eigenvalue weighted by atomic mass is 16.4. The maximum absolute atomic E-state index is 10.6. The van der Waals surface area contributed by atoms with Crippen LogP contribution in [-0.2, 0) is 4.79 Å². The average Bonchev–Trinajstić information content (AvgIpc) is 2.36. The standard InChI is InChI=1S/C15H22N2O2/c1-12-9-13(2)11-14(10-12)17-7-5-16(6-8-17)4-3-15(18)19/h9-11H,3-8H2,1-2H3,(H,18,19). The molecule has 0 bridgehead atoms. The van der Waals surface area contributed by atoms with Crippen molar-refractivity contribution in [1.29, 1.82) is 0 Å². The number of hydrogen-bond donors (Lipinski definition) is 1. The summed E-state index contributed by atoms with van der Waals surface area (Å²) in [5.74, 6) is -0.711. The second-order valence-electron chi connectivity index (χ2n) is 5.32. The first kappa shape index (κ1) is 13.9. The summed E-state index contributed by atoms with van der Waals surface area (Å²) in [5.41, 5.74) is 3.88. The van der Waals surface area contributed by atoms with Crippen LogP contribution in [0, 0.1) is 13.8 Å². The van der Waals surface area contributed by atoms with Crippen LogP contribution in [0.15, 0.2) is 18.2 Å². The van der Waals surface area contributed by atoms with Gasteiger partial charge in [0.05, 0.1) is 6.42 Å². The van der Waals surface area contributed by atoms with Gasteiger partial charge in [0.2, 0.25) is 0 Å². The molecule has 1 aromatic carbocycles. The summed E-state index contributed by atoms with van der Waals surface area (Å²) in [6.07, 6.45) is 0.240. The Kier molecular flexibility index (Phi) is 4.43. The van der Waals surface area contributed by atoms with Crippen molar-refractivity contribution >= 4 is 11.7 Å². The number of benzene rings is 1. The molecule has 0 radical (unpaired) electrons. The van der Waals surface area contributed by atoms with Crippen LogP contribution >= 0.6 is 0 Å². The van der Waals surface area contributed by atoms with Crippen LogP contribution in [0.5, 0.6) is 0 Å². The van der Waals surface area contributed by atoms with E-state index in [-0.39, 0.29) is 6.42 Å². The lowest BCUT2D eigenvalue weighted by molar-refractivity contribution is -0.137. The minimum Gasteiger partial charge on any atom is -0.481 e. The van der Waals surface area contributed by atoms with E-state index in [1.165, 1.54) is 16.8 Å². The van der Waals surface area contributed by atoms with Gasteiger partial charge >= 0.3 is 5.97 Å². The molecule has 1 heterocycles. The van der Waals surface area contributed by atoms with Gasteiger partial charge in [-0.3, -0.25) is 9.69 Å². The van der Waals surface area contributed by atoms with E-state index in [9.17, 15) is 4.79 Å². The summed E-state index contributed by atoms with van der Waals surface area (Å²) >= 11 is 0. The van der Waals surface area contributed by atoms with Crippen LogP contribution in [0.2, 0.25) is 0 Å². The van der Waals surface area contributed by atoms with E-state index >= 15 is 0 Å². The number of hydrogen-bond acceptors (Lipinski definition) is 3. The second-order valence-corrected chi connectivity index (χ2v) is 5.32. The highest BCUT2D eigenvalue weighted by Gasteiger charge is 2.17. The zero-order valence-corrected chi connectivity index (χ0v) is 11.7. The SMILES string of the molecule is Cc1cc(C)cc(N2CCN(CCC(=O)O)CC2)c1. The normalized spacial score (nSPS) is 16.6. The molecule has 0 saturated carbocycles. The number of aliphatic carboxylic acids is 1. The average molecular weight is 262 g/mol. The molecule has 1 N–H and O–H groups in total. The van der Waals surface area contributed by atoms with E-state index in [0.29, 0.717) is 6.54 Å². The maximum Gasteiger partial charge on any atom is 0.304 e. The Morgan fingerprint density at radius 3 is 2.21 bits per heavy atom. The van der Waals surface area contributed by atoms with Crippen LogP contribution in [0.1, 0.15) is 17.5 Å². The topological polar surface area (TPSA) is 43.8 Å². The first-order valence-corrected chi connectivity index (χ1v) is 6.82. The Morgan fingerprint density at radius 1 is 1.11 bits per heavy atom. The quantitative estimate of drug-likeness (QED) is 0.900. The van der Waals surface area contributed by atoms with Crippen molar-refractivity contribution < 1.29 is 9.90 Å². The Labute approximate surface area is 114 Å². The fraction of sp³-hybridized carbons (Fsp3) is 0.533. The van der Waals surface area contributed by atoms with E-state index < -0.39 is 5.97 Å². The zero-order chi connectivity index (χ0) is 13.8. The molecule has 1 aliphatic rings. The van der Waals surface area contributed by atoms with Gasteiger partial charge in [-0.05, 0) is 37.1 Å². The Morgan fingerprint density at radius 2 is 1.68 bits per heavy atom. The Bertz CT molecular complexity index is 431. The van der Waals surface area contributed by atoms with Crippen molar-refractivity contribution in [2.75, 3.05) is 37.6 Å². The fourth-order valence-corrected chi connectivity index (χ4v) is 2.62. The first-order chi connectivity index (χ1) is 9.04. The van der Waals surface area contributed by atoms with E-state index in [1.54, 1.807) is 0 Å². The zero-order valence-electron chi connectivity index (χ0n) is 11.7. The molecule has 104 valence electrons. The minimum atomic E-state index is -0.711. The molecule has 0 amide bonds. The number of anilines is 1. The molecular formula is C15H22N2O2. The summed E-state index contributed by atoms with van der Waals surface area (Å²) in [4.78, 5) is 15.2. The summed E-state index contributed by atoms with van der Waals surface area (Å²) < 4.78 is 0. The molecule has 19 heavy (non-hydrogen) atoms. The number of carboxylic acids is 1. The van der Waals surface area contributed by atoms with Gasteiger partial charge in [-0.2, -0.15) is 0 Å². The predicted octanol–water partition coefficient (Wildman–Crippen LogP) is 1.90. The van der Waals surface area contributed by atoms with Gasteiger partial charge in [0.25, 0.3) is 0 Å². The molecular weight excluding hydrogens is 240 g/mol. The van der Waals surface area contributed by atoms with Crippen LogP contribution in [0.25, 0.3) is 0 Å². The summed E-state index contributed by atoms with van der Waals surface area (Å²) in [7, 11) is 0. The van der Waals surface area contributed by atoms with Crippen molar-refractivity contribution in [3.63, 3.8) is 0 Å². The molecule has 1 aliphatic heterocycles. The van der Waals surface area contributed by atoms with E-state index in [1.807, 2.05) is 0 Å². The highest BCUT2D eigenvalue weighted by Crippen LogP contribution is 2.20. The molecule has 0 aromatic heterocycles. The molecule has 1 saturated heterocycles. The van der Waals surface area contributed by atoms with Crippen LogP contribution in [-0.4, -0.2) is 48.7 Å². The molecule has 0 spiro atoms. The Balaban J connectivity index is 1.90. The fourth-order valence-electron chi connectivity index (χ4n) is 2.62. The smallest absolute Gasteiger partial charge is 0.304 e. The molecule has 1 aromatic rings. The monoisotopic (exact) mass is 262 g/mol. The van der Waals surface area contributed by atoms with E-state index in [0.717, 1.165) is 26.2 Å². The maximum atomic E-state index is 10.6. The van der Waals surface area contributed by atoms with Crippen LogP contribution in [0.4, 0.5) is 5.69 Å². The second kappa shape index (κ2) is 6.06. The lowest BCUT2D eigenvalue weighted by Crippen LogP contribution is -2.47. The predicted molar refractivity (Wildman–Crippen MR) is 76.8 cm³/mol. The van der Waals surface area contributed by atoms with Gasteiger partial charge in [-0.15, -0.1) is 0 Å². The summed E-state index contributed by atoms with van der Waals surface area (Å²) in [6, 6.07) is 6.63. The minimum absolute atomic E-state index is 0.240. The van der Waals surface area contributed by atoms with Gasteiger partial charge in [0, 0.05) is 38.4 Å². The molecule has 4 heteroatoms. The first-order valence-electron chi connectivity index (χ1n) is 6.82. The van der Waals surface area contributed by atoms with Crippen LogP contribution in [0.3, 0.4) is 0 Å². The molecule has 0 aliphatic carbocycles. The highest BCUT2D eigenvalue weighted by molar-refractivity contribution is 5.66. The third kappa shape index (κ3) is 3.96. The van der Waals surface area contributed by atoms with Gasteiger partial charge in [-0.25, -0.2) is 0 Å². The number of piperazine rings is 1. The summed E-state index contributed by atoms with van der Waals surface area (Å²) in [6.45, 7) is 8.75. The Hall–Kier alpha value is -1.55. The third-order valence-electron chi connectivity index (χ3n) is 3.59. The van der Waals surface area contributed by atoms with Gasteiger partial charge in [-0.1, -0.05) is 6.07 Å². The van der Waals surface area contributed by atoms with Crippen molar-refractivity contribution in [1.82, 2.24) is 4.90 Å². The van der Waals surface area contributed by atoms with Crippen LogP contribution < -0.4 is 4.90 Å². The van der Waals surface area contributed by atoms with Crippen molar-refractivity contribution in [2.24, 2.45) is 0 Å². The van der Waals surface area contributed by atoms with Gasteiger partial charge < -0.3 is 10.0 Å². The molecule has 4 nitrogen and oxygen atoms in total. The molecule has 0 unspecified atom stereocenters. The lowest BCUT2D eigenvalue weighted by Gasteiger charge is -2.36. The molecule has 1 fully saturated rings. The number of nitrogens with zero attached hydrogens (tertiary/aromatic N) is 2. The van der Waals surface area contributed by atoms with Gasteiger partial charge in [0.1, 0.15) is 0 Å². The van der Waals surface area contributed by atoms with E-state index in [2.05, 4.69) is 41.8 Å². The number of carbonyl (C=O) groups is 1. The van der Waals surface area contributed by atoms with Gasteiger partial charge in [0.15, 0.2) is 0 Å². The van der Waals surface area contributed by atoms with Crippen molar-refractivity contribution in [3.05, 3.63) is 29.3 Å². The van der Waals surface area contributed by atoms with Crippen molar-refractivity contribution in [2.45, 2.75) is 20.3 Å². The number of carboxylic acid groups (broad SMARTS) is 1. The van der Waals surface area contributed by atoms with Crippen molar-refractivity contribution in [3.8, 4) is 0 Å². The molecule has 0 atom stereocenters. The lowest BCUT2D eigenvalue weighted by atomic mass is 10.1. The van der Waals surface area contributed by atoms with E-state index in [4.69, 9.17) is 5.11 Å². The summed E-state index contributed by atoms with van der Waals surface area (Å²) in [5, 5.41) is 8.70. The third-order valence-corrected chi connectivity index (χ3v) is 3.59. The number of rotatable bonds is 4. The largest absolute Gasteiger partial charge is 0.481 e. The number of aryl methyl sites for hydroxylation is 2. The molecule has 2 rings (SSSR count).